The van der Waals surface area contributed by atoms with E-state index in [1.165, 1.54) is 11.3 Å². The number of hydrogen-bond acceptors (Lipinski definition) is 3. The largest absolute Gasteiger partial charge is 0.369 e. The minimum atomic E-state index is 0.198. The second-order valence-electron chi connectivity index (χ2n) is 6.42. The molecule has 108 valence electrons. The van der Waals surface area contributed by atoms with Crippen LogP contribution in [0.5, 0.6) is 0 Å². The first-order valence-electron chi connectivity index (χ1n) is 7.03. The zero-order valence-corrected chi connectivity index (χ0v) is 14.0. The summed E-state index contributed by atoms with van der Waals surface area (Å²) in [6.07, 6.45) is 0.558. The minimum absolute atomic E-state index is 0.198. The number of anilines is 1. The van der Waals surface area contributed by atoms with Crippen molar-refractivity contribution in [2.75, 3.05) is 24.5 Å². The number of nitrogens with one attached hydrogen (secondary N) is 1. The van der Waals surface area contributed by atoms with E-state index in [1.807, 2.05) is 0 Å². The summed E-state index contributed by atoms with van der Waals surface area (Å²) in [6, 6.07) is 8.95. The summed E-state index contributed by atoms with van der Waals surface area (Å²) in [5.41, 5.74) is 2.74. The first kappa shape index (κ1) is 15.3. The molecule has 1 unspecified atom stereocenters. The van der Waals surface area contributed by atoms with Gasteiger partial charge in [0.2, 0.25) is 0 Å². The molecule has 1 aliphatic rings. The highest BCUT2D eigenvalue weighted by atomic mass is 79.9. The van der Waals surface area contributed by atoms with Crippen LogP contribution in [-0.4, -0.2) is 25.7 Å². The van der Waals surface area contributed by atoms with Crippen LogP contribution in [-0.2, 0) is 0 Å². The number of aryl methyl sites for hydroxylation is 1. The second kappa shape index (κ2) is 6.15. The van der Waals surface area contributed by atoms with Gasteiger partial charge in [-0.05, 0) is 36.1 Å². The summed E-state index contributed by atoms with van der Waals surface area (Å²) in [5, 5.41) is 12.5. The van der Waals surface area contributed by atoms with Gasteiger partial charge in [0.05, 0.1) is 12.5 Å². The summed E-state index contributed by atoms with van der Waals surface area (Å²) >= 11 is 3.52. The molecule has 2 rings (SSSR count). The monoisotopic (exact) mass is 335 g/mol. The molecule has 1 N–H and O–H groups in total. The Kier molecular flexibility index (Phi) is 4.72. The zero-order chi connectivity index (χ0) is 14.8. The molecule has 1 saturated heterocycles. The Morgan fingerprint density at radius 2 is 2.25 bits per heavy atom. The van der Waals surface area contributed by atoms with Crippen molar-refractivity contribution in [3.8, 4) is 6.07 Å². The Morgan fingerprint density at radius 3 is 2.90 bits per heavy atom. The molecule has 0 radical (unpaired) electrons. The van der Waals surface area contributed by atoms with E-state index in [0.717, 1.165) is 24.1 Å². The Labute approximate surface area is 130 Å². The molecule has 0 amide bonds. The molecule has 0 spiro atoms. The molecule has 1 fully saturated rings. The SMILES string of the molecule is Cc1cc(Br)ccc1N1CC(CC#N)NCC(C)(C)C1. The molecule has 1 aromatic rings. The van der Waals surface area contributed by atoms with Gasteiger partial charge >= 0.3 is 0 Å². The Hall–Kier alpha value is -1.05. The standard InChI is InChI=1S/C16H22BrN3/c1-12-8-13(17)4-5-15(12)20-9-14(6-7-18)19-10-16(2,3)11-20/h4-5,8,14,19H,6,9-11H2,1-3H3. The highest BCUT2D eigenvalue weighted by Gasteiger charge is 2.29. The molecule has 20 heavy (non-hydrogen) atoms. The van der Waals surface area contributed by atoms with E-state index in [1.54, 1.807) is 0 Å². The van der Waals surface area contributed by atoms with Crippen molar-refractivity contribution >= 4 is 21.6 Å². The first-order valence-corrected chi connectivity index (χ1v) is 7.82. The Bertz CT molecular complexity index is 519. The van der Waals surface area contributed by atoms with Crippen LogP contribution >= 0.6 is 15.9 Å². The lowest BCUT2D eigenvalue weighted by Crippen LogP contribution is -2.37. The fraction of sp³-hybridized carbons (Fsp3) is 0.562. The third-order valence-corrected chi connectivity index (χ3v) is 4.26. The third kappa shape index (κ3) is 3.74. The molecule has 0 saturated carbocycles. The van der Waals surface area contributed by atoms with Gasteiger partial charge in [0.15, 0.2) is 0 Å². The number of halogens is 1. The summed E-state index contributed by atoms with van der Waals surface area (Å²) in [6.45, 7) is 9.53. The van der Waals surface area contributed by atoms with Crippen LogP contribution in [0.25, 0.3) is 0 Å². The predicted molar refractivity (Wildman–Crippen MR) is 86.9 cm³/mol. The van der Waals surface area contributed by atoms with Crippen molar-refractivity contribution in [3.63, 3.8) is 0 Å². The van der Waals surface area contributed by atoms with E-state index in [0.29, 0.717) is 6.42 Å². The Balaban J connectivity index is 2.29. The molecule has 0 aliphatic carbocycles. The molecule has 4 heteroatoms. The normalized spacial score (nSPS) is 22.1. The molecule has 1 heterocycles. The number of benzene rings is 1. The van der Waals surface area contributed by atoms with Gasteiger partial charge in [-0.15, -0.1) is 0 Å². The number of nitrogens with zero attached hydrogens (tertiary/aromatic N) is 2. The highest BCUT2D eigenvalue weighted by Crippen LogP contribution is 2.29. The van der Waals surface area contributed by atoms with Gasteiger partial charge in [-0.2, -0.15) is 5.26 Å². The van der Waals surface area contributed by atoms with E-state index in [9.17, 15) is 0 Å². The maximum Gasteiger partial charge on any atom is 0.0638 e. The summed E-state index contributed by atoms with van der Waals surface area (Å²) in [7, 11) is 0. The molecule has 1 atom stereocenters. The summed E-state index contributed by atoms with van der Waals surface area (Å²) in [5.74, 6) is 0. The number of rotatable bonds is 2. The van der Waals surface area contributed by atoms with Crippen LogP contribution in [0, 0.1) is 23.7 Å². The van der Waals surface area contributed by atoms with Crippen molar-refractivity contribution in [2.24, 2.45) is 5.41 Å². The molecule has 3 nitrogen and oxygen atoms in total. The average molecular weight is 336 g/mol. The molecule has 0 bridgehead atoms. The van der Waals surface area contributed by atoms with Gasteiger partial charge in [0.1, 0.15) is 0 Å². The molecule has 1 aromatic carbocycles. The number of hydrogen-bond donors (Lipinski definition) is 1. The molecular formula is C16H22BrN3. The second-order valence-corrected chi connectivity index (χ2v) is 7.33. The van der Waals surface area contributed by atoms with Crippen molar-refractivity contribution < 1.29 is 0 Å². The predicted octanol–water partition coefficient (Wildman–Crippen LogP) is 3.48. The van der Waals surface area contributed by atoms with E-state index in [2.05, 4.69) is 71.2 Å². The van der Waals surface area contributed by atoms with Gasteiger partial charge < -0.3 is 10.2 Å². The fourth-order valence-corrected chi connectivity index (χ4v) is 3.27. The lowest BCUT2D eigenvalue weighted by Gasteiger charge is -2.32. The Morgan fingerprint density at radius 1 is 1.50 bits per heavy atom. The van der Waals surface area contributed by atoms with Gasteiger partial charge in [-0.3, -0.25) is 0 Å². The smallest absolute Gasteiger partial charge is 0.0638 e. The molecule has 0 aromatic heterocycles. The quantitative estimate of drug-likeness (QED) is 0.899. The van der Waals surface area contributed by atoms with E-state index < -0.39 is 0 Å². The average Bonchev–Trinajstić information content (AvgIpc) is 2.49. The maximum absolute atomic E-state index is 8.97. The van der Waals surface area contributed by atoms with Crippen LogP contribution in [0.15, 0.2) is 22.7 Å². The highest BCUT2D eigenvalue weighted by molar-refractivity contribution is 9.10. The van der Waals surface area contributed by atoms with Gasteiger partial charge in [0.25, 0.3) is 0 Å². The van der Waals surface area contributed by atoms with Gasteiger partial charge in [-0.1, -0.05) is 29.8 Å². The van der Waals surface area contributed by atoms with E-state index in [4.69, 9.17) is 5.26 Å². The molecular weight excluding hydrogens is 314 g/mol. The van der Waals surface area contributed by atoms with Crippen LogP contribution in [0.4, 0.5) is 5.69 Å². The lowest BCUT2D eigenvalue weighted by molar-refractivity contribution is 0.360. The lowest BCUT2D eigenvalue weighted by atomic mass is 9.93. The third-order valence-electron chi connectivity index (χ3n) is 3.77. The van der Waals surface area contributed by atoms with E-state index in [-0.39, 0.29) is 11.5 Å². The molecule has 1 aliphatic heterocycles. The summed E-state index contributed by atoms with van der Waals surface area (Å²) in [4.78, 5) is 2.42. The van der Waals surface area contributed by atoms with Gasteiger partial charge in [0, 0.05) is 35.8 Å². The van der Waals surface area contributed by atoms with Crippen molar-refractivity contribution in [3.05, 3.63) is 28.2 Å². The fourth-order valence-electron chi connectivity index (χ4n) is 2.79. The maximum atomic E-state index is 8.97. The van der Waals surface area contributed by atoms with Crippen molar-refractivity contribution in [2.45, 2.75) is 33.2 Å². The first-order chi connectivity index (χ1) is 9.41. The van der Waals surface area contributed by atoms with Crippen LogP contribution in [0.2, 0.25) is 0 Å². The minimum Gasteiger partial charge on any atom is -0.369 e. The van der Waals surface area contributed by atoms with E-state index >= 15 is 0 Å². The number of nitriles is 1. The zero-order valence-electron chi connectivity index (χ0n) is 12.4. The topological polar surface area (TPSA) is 39.1 Å². The van der Waals surface area contributed by atoms with Crippen molar-refractivity contribution in [1.82, 2.24) is 5.32 Å². The summed E-state index contributed by atoms with van der Waals surface area (Å²) < 4.78 is 1.11. The van der Waals surface area contributed by atoms with Crippen LogP contribution < -0.4 is 10.2 Å². The van der Waals surface area contributed by atoms with Crippen LogP contribution in [0.1, 0.15) is 25.8 Å². The van der Waals surface area contributed by atoms with Crippen LogP contribution in [0.3, 0.4) is 0 Å². The van der Waals surface area contributed by atoms with Gasteiger partial charge in [-0.25, -0.2) is 0 Å². The van der Waals surface area contributed by atoms with Crippen molar-refractivity contribution in [1.29, 1.82) is 5.26 Å².